The molecule has 2 aromatic heterocycles. The highest BCUT2D eigenvalue weighted by Crippen LogP contribution is 2.30. The number of carbonyl (C=O) groups is 1. The fraction of sp³-hybridized carbons (Fsp3) is 0.350. The van der Waals surface area contributed by atoms with Crippen molar-refractivity contribution >= 4 is 17.2 Å². The van der Waals surface area contributed by atoms with Crippen LogP contribution in [0.5, 0.6) is 0 Å². The summed E-state index contributed by atoms with van der Waals surface area (Å²) in [5, 5.41) is 9.01. The zero-order chi connectivity index (χ0) is 19.3. The van der Waals surface area contributed by atoms with Gasteiger partial charge in [-0.3, -0.25) is 9.69 Å². The van der Waals surface area contributed by atoms with Crippen LogP contribution >= 0.6 is 11.3 Å². The molecular formula is C20H21FN4O2S. The Hall–Kier alpha value is -2.58. The Labute approximate surface area is 166 Å². The number of amides is 1. The Balaban J connectivity index is 1.42. The Kier molecular flexibility index (Phi) is 5.78. The molecule has 0 spiro atoms. The van der Waals surface area contributed by atoms with E-state index in [1.165, 1.54) is 12.1 Å². The van der Waals surface area contributed by atoms with Gasteiger partial charge in [0, 0.05) is 10.4 Å². The van der Waals surface area contributed by atoms with Gasteiger partial charge in [0.1, 0.15) is 5.82 Å². The lowest BCUT2D eigenvalue weighted by Gasteiger charge is -2.32. The lowest BCUT2D eigenvalue weighted by Crippen LogP contribution is -2.41. The molecule has 0 bridgehead atoms. The van der Waals surface area contributed by atoms with Crippen molar-refractivity contribution in [1.82, 2.24) is 20.4 Å². The Morgan fingerprint density at radius 3 is 2.93 bits per heavy atom. The standard InChI is InChI=1S/C20H21FN4O2S/c21-15-8-6-14(7-9-15)19-23-20(27-24-19)17-5-1-2-10-25(17)13-18(26)22-12-16-4-3-11-28-16/h3-4,6-9,11,17H,1-2,5,10,12-13H2,(H,22,26)/t17-/m1/s1. The lowest BCUT2D eigenvalue weighted by atomic mass is 10.0. The first kappa shape index (κ1) is 18.8. The molecule has 1 fully saturated rings. The van der Waals surface area contributed by atoms with E-state index in [1.807, 2.05) is 17.5 Å². The Morgan fingerprint density at radius 1 is 1.29 bits per heavy atom. The molecule has 0 saturated carbocycles. The largest absolute Gasteiger partial charge is 0.350 e. The molecule has 3 aromatic rings. The van der Waals surface area contributed by atoms with Crippen molar-refractivity contribution in [2.75, 3.05) is 13.1 Å². The number of thiophene rings is 1. The highest BCUT2D eigenvalue weighted by molar-refractivity contribution is 7.09. The van der Waals surface area contributed by atoms with Gasteiger partial charge in [-0.1, -0.05) is 17.6 Å². The Morgan fingerprint density at radius 2 is 2.14 bits per heavy atom. The summed E-state index contributed by atoms with van der Waals surface area (Å²) in [6, 6.07) is 9.89. The molecule has 0 radical (unpaired) electrons. The highest BCUT2D eigenvalue weighted by Gasteiger charge is 2.30. The van der Waals surface area contributed by atoms with E-state index in [0.717, 1.165) is 30.7 Å². The number of hydrogen-bond acceptors (Lipinski definition) is 6. The van der Waals surface area contributed by atoms with Crippen LogP contribution in [0.3, 0.4) is 0 Å². The van der Waals surface area contributed by atoms with E-state index in [2.05, 4.69) is 20.4 Å². The second-order valence-corrected chi connectivity index (χ2v) is 7.83. The maximum Gasteiger partial charge on any atom is 0.244 e. The Bertz CT molecular complexity index is 911. The highest BCUT2D eigenvalue weighted by atomic mass is 32.1. The predicted molar refractivity (Wildman–Crippen MR) is 104 cm³/mol. The molecule has 1 aromatic carbocycles. The number of rotatable bonds is 6. The summed E-state index contributed by atoms with van der Waals surface area (Å²) in [4.78, 5) is 20.1. The molecule has 1 atom stereocenters. The summed E-state index contributed by atoms with van der Waals surface area (Å²) >= 11 is 1.62. The molecule has 8 heteroatoms. The van der Waals surface area contributed by atoms with Gasteiger partial charge in [-0.2, -0.15) is 4.98 Å². The lowest BCUT2D eigenvalue weighted by molar-refractivity contribution is -0.123. The first-order valence-electron chi connectivity index (χ1n) is 9.32. The zero-order valence-corrected chi connectivity index (χ0v) is 16.1. The average molecular weight is 400 g/mol. The smallest absolute Gasteiger partial charge is 0.244 e. The van der Waals surface area contributed by atoms with Gasteiger partial charge in [0.05, 0.1) is 19.1 Å². The monoisotopic (exact) mass is 400 g/mol. The number of likely N-dealkylation sites (tertiary alicyclic amines) is 1. The van der Waals surface area contributed by atoms with Crippen molar-refractivity contribution < 1.29 is 13.7 Å². The van der Waals surface area contributed by atoms with Crippen LogP contribution in [0.1, 0.15) is 36.1 Å². The van der Waals surface area contributed by atoms with E-state index >= 15 is 0 Å². The first-order valence-corrected chi connectivity index (χ1v) is 10.2. The summed E-state index contributed by atoms with van der Waals surface area (Å²) < 4.78 is 18.6. The SMILES string of the molecule is O=C(CN1CCCC[C@@H]1c1nc(-c2ccc(F)cc2)no1)NCc1cccs1. The average Bonchev–Trinajstić information content (AvgIpc) is 3.40. The van der Waals surface area contributed by atoms with Crippen LogP contribution in [0, 0.1) is 5.82 Å². The maximum atomic E-state index is 13.1. The number of halogens is 1. The molecule has 0 aliphatic carbocycles. The first-order chi connectivity index (χ1) is 13.7. The second-order valence-electron chi connectivity index (χ2n) is 6.80. The maximum absolute atomic E-state index is 13.1. The molecule has 1 aliphatic heterocycles. The molecule has 0 unspecified atom stereocenters. The number of carbonyl (C=O) groups excluding carboxylic acids is 1. The van der Waals surface area contributed by atoms with Crippen molar-refractivity contribution in [2.24, 2.45) is 0 Å². The molecular weight excluding hydrogens is 379 g/mol. The molecule has 146 valence electrons. The number of aromatic nitrogens is 2. The molecule has 3 heterocycles. The molecule has 1 N–H and O–H groups in total. The molecule has 28 heavy (non-hydrogen) atoms. The number of piperidine rings is 1. The molecule has 1 saturated heterocycles. The van der Waals surface area contributed by atoms with Gasteiger partial charge in [0.25, 0.3) is 0 Å². The van der Waals surface area contributed by atoms with Crippen molar-refractivity contribution in [3.8, 4) is 11.4 Å². The molecule has 1 aliphatic rings. The molecule has 4 rings (SSSR count). The van der Waals surface area contributed by atoms with Crippen LogP contribution in [0.25, 0.3) is 11.4 Å². The summed E-state index contributed by atoms with van der Waals surface area (Å²) in [6.45, 7) is 1.65. The van der Waals surface area contributed by atoms with Crippen molar-refractivity contribution in [2.45, 2.75) is 31.8 Å². The quantitative estimate of drug-likeness (QED) is 0.682. The van der Waals surface area contributed by atoms with Gasteiger partial charge in [0.2, 0.25) is 17.6 Å². The van der Waals surface area contributed by atoms with Crippen LogP contribution in [-0.4, -0.2) is 34.0 Å². The van der Waals surface area contributed by atoms with E-state index in [9.17, 15) is 9.18 Å². The van der Waals surface area contributed by atoms with E-state index in [4.69, 9.17) is 4.52 Å². The van der Waals surface area contributed by atoms with Crippen LogP contribution in [0.4, 0.5) is 4.39 Å². The number of hydrogen-bond donors (Lipinski definition) is 1. The summed E-state index contributed by atoms with van der Waals surface area (Å²) in [7, 11) is 0. The molecule has 6 nitrogen and oxygen atoms in total. The third-order valence-corrected chi connectivity index (χ3v) is 5.71. The fourth-order valence-corrected chi connectivity index (χ4v) is 4.03. The summed E-state index contributed by atoms with van der Waals surface area (Å²) in [6.07, 6.45) is 2.95. The van der Waals surface area contributed by atoms with Gasteiger partial charge in [0.15, 0.2) is 0 Å². The van der Waals surface area contributed by atoms with Crippen molar-refractivity contribution in [3.05, 3.63) is 58.4 Å². The van der Waals surface area contributed by atoms with Crippen LogP contribution in [0.15, 0.2) is 46.3 Å². The van der Waals surface area contributed by atoms with Gasteiger partial charge in [-0.05, 0) is 55.1 Å². The van der Waals surface area contributed by atoms with E-state index in [0.29, 0.717) is 30.4 Å². The van der Waals surface area contributed by atoms with Gasteiger partial charge in [-0.25, -0.2) is 4.39 Å². The third kappa shape index (κ3) is 4.45. The predicted octanol–water partition coefficient (Wildman–Crippen LogP) is 3.78. The van der Waals surface area contributed by atoms with Crippen molar-refractivity contribution in [1.29, 1.82) is 0 Å². The van der Waals surface area contributed by atoms with Crippen LogP contribution in [0.2, 0.25) is 0 Å². The van der Waals surface area contributed by atoms with Gasteiger partial charge >= 0.3 is 0 Å². The van der Waals surface area contributed by atoms with E-state index in [-0.39, 0.29) is 17.8 Å². The number of benzene rings is 1. The van der Waals surface area contributed by atoms with Crippen molar-refractivity contribution in [3.63, 3.8) is 0 Å². The minimum atomic E-state index is -0.306. The van der Waals surface area contributed by atoms with Crippen LogP contribution < -0.4 is 5.32 Å². The number of nitrogens with one attached hydrogen (secondary N) is 1. The topological polar surface area (TPSA) is 71.3 Å². The second kappa shape index (κ2) is 8.62. The van der Waals surface area contributed by atoms with Gasteiger partial charge in [-0.15, -0.1) is 11.3 Å². The fourth-order valence-electron chi connectivity index (χ4n) is 3.39. The number of nitrogens with zero attached hydrogens (tertiary/aromatic N) is 3. The molecule has 1 amide bonds. The van der Waals surface area contributed by atoms with E-state index in [1.54, 1.807) is 23.5 Å². The van der Waals surface area contributed by atoms with E-state index < -0.39 is 0 Å². The summed E-state index contributed by atoms with van der Waals surface area (Å²) in [5.41, 5.74) is 0.701. The van der Waals surface area contributed by atoms with Gasteiger partial charge < -0.3 is 9.84 Å². The normalized spacial score (nSPS) is 17.5. The minimum Gasteiger partial charge on any atom is -0.350 e. The van der Waals surface area contributed by atoms with Crippen LogP contribution in [-0.2, 0) is 11.3 Å². The summed E-state index contributed by atoms with van der Waals surface area (Å²) in [5.74, 6) is 0.616. The zero-order valence-electron chi connectivity index (χ0n) is 15.3. The third-order valence-electron chi connectivity index (χ3n) is 4.83. The minimum absolute atomic E-state index is 0.0152.